The first-order chi connectivity index (χ1) is 19.2. The third-order valence-corrected chi connectivity index (χ3v) is 6.77. The van der Waals surface area contributed by atoms with Gasteiger partial charge in [0.1, 0.15) is 5.75 Å². The van der Waals surface area contributed by atoms with Crippen molar-refractivity contribution in [2.45, 2.75) is 6.54 Å². The molecule has 0 N–H and O–H groups in total. The van der Waals surface area contributed by atoms with Crippen LogP contribution in [0.5, 0.6) is 5.75 Å². The molecule has 39 heavy (non-hydrogen) atoms. The lowest BCUT2D eigenvalue weighted by atomic mass is 10.1. The Morgan fingerprint density at radius 3 is 2.08 bits per heavy atom. The number of ether oxygens (including phenoxy) is 1. The highest BCUT2D eigenvalue weighted by Crippen LogP contribution is 2.34. The van der Waals surface area contributed by atoms with E-state index in [0.717, 1.165) is 45.1 Å². The first kappa shape index (κ1) is 24.2. The Morgan fingerprint density at radius 1 is 0.769 bits per heavy atom. The number of nitrogens with zero attached hydrogens (tertiary/aromatic N) is 3. The number of amides is 1. The van der Waals surface area contributed by atoms with Gasteiger partial charge < -0.3 is 9.64 Å². The Kier molecular flexibility index (Phi) is 6.62. The van der Waals surface area contributed by atoms with Crippen LogP contribution < -0.4 is 4.74 Å². The van der Waals surface area contributed by atoms with Gasteiger partial charge in [0.05, 0.1) is 30.7 Å². The van der Waals surface area contributed by atoms with Gasteiger partial charge in [-0.15, -0.1) is 0 Å². The molecule has 0 saturated heterocycles. The lowest BCUT2D eigenvalue weighted by Crippen LogP contribution is -2.25. The van der Waals surface area contributed by atoms with Crippen LogP contribution in [0.4, 0.5) is 0 Å². The molecule has 0 bridgehead atoms. The SMILES string of the molecule is COc1ccc(C2=C/C(=C\c3cn(-c4ccccc4)nc3-c3ccccc3)C(=O)N2Cc2ccccc2)cc1. The maximum atomic E-state index is 13.9. The maximum absolute atomic E-state index is 13.9. The predicted molar refractivity (Wildman–Crippen MR) is 155 cm³/mol. The summed E-state index contributed by atoms with van der Waals surface area (Å²) in [6, 6.07) is 37.9. The van der Waals surface area contributed by atoms with Crippen LogP contribution in [0.1, 0.15) is 16.7 Å². The summed E-state index contributed by atoms with van der Waals surface area (Å²) in [5, 5.41) is 4.91. The molecule has 0 aliphatic carbocycles. The molecule has 5 aromatic rings. The van der Waals surface area contributed by atoms with Crippen LogP contribution in [-0.2, 0) is 11.3 Å². The topological polar surface area (TPSA) is 47.4 Å². The minimum atomic E-state index is -0.0452. The number of hydrogen-bond acceptors (Lipinski definition) is 3. The molecule has 4 aromatic carbocycles. The standard InChI is InChI=1S/C34H27N3O2/c1-39-31-19-17-26(18-20-31)32-22-28(34(38)36(32)23-25-11-5-2-6-12-25)21-29-24-37(30-15-9-4-10-16-30)35-33(29)27-13-7-3-8-14-27/h2-22,24H,23H2,1H3/b28-21+. The predicted octanol–water partition coefficient (Wildman–Crippen LogP) is 7.01. The van der Waals surface area contributed by atoms with Crippen molar-refractivity contribution in [1.29, 1.82) is 0 Å². The fourth-order valence-electron chi connectivity index (χ4n) is 4.77. The van der Waals surface area contributed by atoms with Gasteiger partial charge >= 0.3 is 0 Å². The zero-order chi connectivity index (χ0) is 26.6. The Hall–Kier alpha value is -5.16. The lowest BCUT2D eigenvalue weighted by molar-refractivity contribution is -0.123. The highest BCUT2D eigenvalue weighted by Gasteiger charge is 2.29. The summed E-state index contributed by atoms with van der Waals surface area (Å²) in [4.78, 5) is 15.7. The average molecular weight is 510 g/mol. The number of methoxy groups -OCH3 is 1. The summed E-state index contributed by atoms with van der Waals surface area (Å²) in [5.41, 5.74) is 7.12. The quantitative estimate of drug-likeness (QED) is 0.222. The largest absolute Gasteiger partial charge is 0.497 e. The number of para-hydroxylation sites is 1. The second kappa shape index (κ2) is 10.7. The van der Waals surface area contributed by atoms with Crippen LogP contribution in [0.25, 0.3) is 28.7 Å². The van der Waals surface area contributed by atoms with Crippen molar-refractivity contribution in [3.05, 3.63) is 150 Å². The Morgan fingerprint density at radius 2 is 1.41 bits per heavy atom. The molecule has 5 nitrogen and oxygen atoms in total. The van der Waals surface area contributed by atoms with Crippen LogP contribution in [-0.4, -0.2) is 27.7 Å². The van der Waals surface area contributed by atoms with Crippen LogP contribution >= 0.6 is 0 Å². The van der Waals surface area contributed by atoms with Gasteiger partial charge in [-0.2, -0.15) is 5.10 Å². The molecule has 6 rings (SSSR count). The monoisotopic (exact) mass is 509 g/mol. The van der Waals surface area contributed by atoms with Crippen molar-refractivity contribution < 1.29 is 9.53 Å². The van der Waals surface area contributed by atoms with Gasteiger partial charge in [0, 0.05) is 22.9 Å². The van der Waals surface area contributed by atoms with E-state index in [1.54, 1.807) is 7.11 Å². The van der Waals surface area contributed by atoms with Crippen molar-refractivity contribution in [2.24, 2.45) is 0 Å². The van der Waals surface area contributed by atoms with E-state index in [0.29, 0.717) is 12.1 Å². The molecule has 2 heterocycles. The van der Waals surface area contributed by atoms with E-state index in [-0.39, 0.29) is 5.91 Å². The zero-order valence-corrected chi connectivity index (χ0v) is 21.6. The van der Waals surface area contributed by atoms with Crippen molar-refractivity contribution in [3.8, 4) is 22.7 Å². The number of carbonyl (C=O) groups is 1. The van der Waals surface area contributed by atoms with Crippen molar-refractivity contribution >= 4 is 17.7 Å². The van der Waals surface area contributed by atoms with E-state index >= 15 is 0 Å². The Bertz CT molecular complexity index is 1650. The molecule has 0 unspecified atom stereocenters. The van der Waals surface area contributed by atoms with E-state index in [1.807, 2.05) is 143 Å². The molecular formula is C34H27N3O2. The van der Waals surface area contributed by atoms with Crippen LogP contribution in [0.15, 0.2) is 133 Å². The lowest BCUT2D eigenvalue weighted by Gasteiger charge is -2.21. The molecule has 5 heteroatoms. The first-order valence-electron chi connectivity index (χ1n) is 12.8. The van der Waals surface area contributed by atoms with Crippen molar-refractivity contribution in [1.82, 2.24) is 14.7 Å². The summed E-state index contributed by atoms with van der Waals surface area (Å²) in [6.45, 7) is 0.476. The van der Waals surface area contributed by atoms with Gasteiger partial charge in [0.2, 0.25) is 0 Å². The summed E-state index contributed by atoms with van der Waals surface area (Å²) in [6.07, 6.45) is 5.91. The minimum absolute atomic E-state index is 0.0452. The third kappa shape index (κ3) is 5.03. The normalized spacial score (nSPS) is 14.1. The molecule has 1 amide bonds. The number of carbonyl (C=O) groups excluding carboxylic acids is 1. The number of aromatic nitrogens is 2. The van der Waals surface area contributed by atoms with E-state index in [2.05, 4.69) is 0 Å². The van der Waals surface area contributed by atoms with Gasteiger partial charge in [-0.25, -0.2) is 4.68 Å². The molecule has 0 saturated carbocycles. The molecule has 0 spiro atoms. The van der Waals surface area contributed by atoms with Crippen LogP contribution in [0, 0.1) is 0 Å². The minimum Gasteiger partial charge on any atom is -0.497 e. The third-order valence-electron chi connectivity index (χ3n) is 6.77. The average Bonchev–Trinajstić information content (AvgIpc) is 3.56. The van der Waals surface area contributed by atoms with Crippen LogP contribution in [0.3, 0.4) is 0 Å². The molecule has 1 aliphatic rings. The fraction of sp³-hybridized carbons (Fsp3) is 0.0588. The van der Waals surface area contributed by atoms with Gasteiger partial charge in [-0.1, -0.05) is 78.9 Å². The van der Waals surface area contributed by atoms with Crippen molar-refractivity contribution in [3.63, 3.8) is 0 Å². The summed E-state index contributed by atoms with van der Waals surface area (Å²) in [5.74, 6) is 0.728. The first-order valence-corrected chi connectivity index (χ1v) is 12.8. The van der Waals surface area contributed by atoms with E-state index in [9.17, 15) is 4.79 Å². The molecule has 0 atom stereocenters. The molecule has 0 fully saturated rings. The van der Waals surface area contributed by atoms with Gasteiger partial charge in [0.25, 0.3) is 5.91 Å². The Labute approximate surface area is 227 Å². The molecule has 1 aliphatic heterocycles. The Balaban J connectivity index is 1.45. The molecule has 0 radical (unpaired) electrons. The number of benzene rings is 4. The molecule has 190 valence electrons. The number of hydrogen-bond donors (Lipinski definition) is 0. The second-order valence-corrected chi connectivity index (χ2v) is 9.31. The summed E-state index contributed by atoms with van der Waals surface area (Å²) < 4.78 is 7.21. The van der Waals surface area contributed by atoms with Crippen LogP contribution in [0.2, 0.25) is 0 Å². The second-order valence-electron chi connectivity index (χ2n) is 9.31. The van der Waals surface area contributed by atoms with Gasteiger partial charge in [-0.05, 0) is 59.7 Å². The fourth-order valence-corrected chi connectivity index (χ4v) is 4.77. The van der Waals surface area contributed by atoms with Gasteiger partial charge in [0.15, 0.2) is 0 Å². The van der Waals surface area contributed by atoms with Crippen molar-refractivity contribution in [2.75, 3.05) is 7.11 Å². The maximum Gasteiger partial charge on any atom is 0.258 e. The van der Waals surface area contributed by atoms with Gasteiger partial charge in [-0.3, -0.25) is 4.79 Å². The number of rotatable bonds is 7. The summed E-state index contributed by atoms with van der Waals surface area (Å²) >= 11 is 0. The molecular weight excluding hydrogens is 482 g/mol. The molecule has 1 aromatic heterocycles. The highest BCUT2D eigenvalue weighted by atomic mass is 16.5. The smallest absolute Gasteiger partial charge is 0.258 e. The summed E-state index contributed by atoms with van der Waals surface area (Å²) in [7, 11) is 1.65. The van der Waals surface area contributed by atoms with E-state index < -0.39 is 0 Å². The highest BCUT2D eigenvalue weighted by molar-refractivity contribution is 6.11. The zero-order valence-electron chi connectivity index (χ0n) is 21.6. The van der Waals surface area contributed by atoms with E-state index in [1.165, 1.54) is 0 Å². The van der Waals surface area contributed by atoms with E-state index in [4.69, 9.17) is 9.84 Å².